The predicted molar refractivity (Wildman–Crippen MR) is 150 cm³/mol. The number of carbonyl (C=O) groups is 6. The standard InChI is InChI=1S/C23H43N7O11S/c1-26-22(36)40-7-3-15(41-23(37)27-2)13-42-14-16(24)20(34)30-17(12-31)21(35)28-5-8-39-10-9-38-6-4-19(33)29-11-18(25)32/h15-17,31H,3-14,24H2,1-2H3,(H2,25,32)(H,26,36)(H,27,37)(H,28,35)(H,29,33)(H,30,34)/t15-,16+,17+/m1/s1. The number of nitrogens with one attached hydrogen (secondary N) is 5. The molecule has 3 atom stereocenters. The average Bonchev–Trinajstić information content (AvgIpc) is 2.96. The highest BCUT2D eigenvalue weighted by molar-refractivity contribution is 7.99. The van der Waals surface area contributed by atoms with E-state index < -0.39 is 54.7 Å². The molecule has 0 saturated carbocycles. The van der Waals surface area contributed by atoms with E-state index >= 15 is 0 Å². The van der Waals surface area contributed by atoms with E-state index in [1.165, 1.54) is 25.9 Å². The van der Waals surface area contributed by atoms with Crippen LogP contribution in [-0.4, -0.2) is 137 Å². The van der Waals surface area contributed by atoms with Crippen LogP contribution in [0.2, 0.25) is 0 Å². The fraction of sp³-hybridized carbons (Fsp3) is 0.739. The Bertz CT molecular complexity index is 854. The van der Waals surface area contributed by atoms with Crippen LogP contribution in [0, 0.1) is 0 Å². The topological polar surface area (TPSA) is 272 Å². The quantitative estimate of drug-likeness (QED) is 0.0506. The molecule has 0 aliphatic carbocycles. The normalized spacial score (nSPS) is 12.7. The summed E-state index contributed by atoms with van der Waals surface area (Å²) in [6, 6.07) is -2.26. The van der Waals surface area contributed by atoms with Gasteiger partial charge >= 0.3 is 12.2 Å². The number of hydrogen-bond donors (Lipinski definition) is 8. The summed E-state index contributed by atoms with van der Waals surface area (Å²) in [4.78, 5) is 69.4. The number of primary amides is 1. The van der Waals surface area contributed by atoms with Gasteiger partial charge in [-0.1, -0.05) is 0 Å². The minimum atomic E-state index is -1.23. The van der Waals surface area contributed by atoms with Crippen LogP contribution in [0.3, 0.4) is 0 Å². The predicted octanol–water partition coefficient (Wildman–Crippen LogP) is -3.86. The zero-order valence-electron chi connectivity index (χ0n) is 23.8. The molecular formula is C23H43N7O11S. The second-order valence-corrected chi connectivity index (χ2v) is 9.42. The van der Waals surface area contributed by atoms with E-state index in [0.717, 1.165) is 0 Å². The third kappa shape index (κ3) is 20.5. The summed E-state index contributed by atoms with van der Waals surface area (Å²) < 4.78 is 20.7. The van der Waals surface area contributed by atoms with Crippen molar-refractivity contribution in [3.8, 4) is 0 Å². The molecule has 0 rings (SSSR count). The molecule has 0 aromatic heterocycles. The molecule has 19 heteroatoms. The summed E-state index contributed by atoms with van der Waals surface area (Å²) in [5, 5.41) is 21.4. The van der Waals surface area contributed by atoms with E-state index in [9.17, 15) is 33.9 Å². The van der Waals surface area contributed by atoms with E-state index in [1.54, 1.807) is 0 Å². The van der Waals surface area contributed by atoms with Gasteiger partial charge in [0.25, 0.3) is 0 Å². The summed E-state index contributed by atoms with van der Waals surface area (Å²) in [5.41, 5.74) is 10.8. The van der Waals surface area contributed by atoms with Crippen LogP contribution in [0.25, 0.3) is 0 Å². The van der Waals surface area contributed by atoms with Gasteiger partial charge in [0.15, 0.2) is 0 Å². The van der Waals surface area contributed by atoms with Crippen LogP contribution in [0.1, 0.15) is 12.8 Å². The maximum Gasteiger partial charge on any atom is 0.407 e. The number of thioether (sulfide) groups is 1. The third-order valence-corrected chi connectivity index (χ3v) is 6.16. The minimum Gasteiger partial charge on any atom is -0.449 e. The first-order valence-electron chi connectivity index (χ1n) is 13.0. The number of carbonyl (C=O) groups excluding carboxylic acids is 6. The van der Waals surface area contributed by atoms with Crippen molar-refractivity contribution in [2.45, 2.75) is 31.0 Å². The lowest BCUT2D eigenvalue weighted by Crippen LogP contribution is -2.54. The van der Waals surface area contributed by atoms with Crippen LogP contribution in [-0.2, 0) is 38.1 Å². The zero-order valence-corrected chi connectivity index (χ0v) is 24.6. The molecule has 0 spiro atoms. The molecule has 0 aliphatic rings. The first kappa shape index (κ1) is 38.6. The monoisotopic (exact) mass is 625 g/mol. The van der Waals surface area contributed by atoms with Crippen molar-refractivity contribution in [2.24, 2.45) is 11.5 Å². The van der Waals surface area contributed by atoms with E-state index in [2.05, 4.69) is 26.6 Å². The van der Waals surface area contributed by atoms with Crippen LogP contribution in [0.4, 0.5) is 9.59 Å². The van der Waals surface area contributed by atoms with Gasteiger partial charge in [0, 0.05) is 45.0 Å². The number of hydrogen-bond acceptors (Lipinski definition) is 13. The number of rotatable bonds is 23. The summed E-state index contributed by atoms with van der Waals surface area (Å²) >= 11 is 1.22. The van der Waals surface area contributed by atoms with Crippen LogP contribution in [0.5, 0.6) is 0 Å². The van der Waals surface area contributed by atoms with Gasteiger partial charge in [0.05, 0.1) is 52.2 Å². The van der Waals surface area contributed by atoms with Gasteiger partial charge < -0.3 is 62.1 Å². The SMILES string of the molecule is CNC(=O)OCC[C@H](CSC[C@H](N)C(=O)N[C@@H](CO)C(=O)NCCOCCOCCC(=O)NCC(N)=O)OC(=O)NC. The Hall–Kier alpha value is -3.39. The van der Waals surface area contributed by atoms with Gasteiger partial charge in [-0.15, -0.1) is 0 Å². The van der Waals surface area contributed by atoms with Crippen molar-refractivity contribution < 1.29 is 52.8 Å². The van der Waals surface area contributed by atoms with Crippen molar-refractivity contribution in [1.29, 1.82) is 0 Å². The largest absolute Gasteiger partial charge is 0.449 e. The molecule has 6 amide bonds. The first-order valence-corrected chi connectivity index (χ1v) is 14.1. The molecule has 0 bridgehead atoms. The van der Waals surface area contributed by atoms with Crippen molar-refractivity contribution >= 4 is 47.6 Å². The highest BCUT2D eigenvalue weighted by Gasteiger charge is 2.24. The van der Waals surface area contributed by atoms with Crippen LogP contribution < -0.4 is 38.1 Å². The Morgan fingerprint density at radius 3 is 2.14 bits per heavy atom. The molecule has 242 valence electrons. The van der Waals surface area contributed by atoms with Crippen molar-refractivity contribution in [2.75, 3.05) is 78.3 Å². The smallest absolute Gasteiger partial charge is 0.407 e. The number of aliphatic hydroxyl groups is 1. The Balaban J connectivity index is 4.23. The number of ether oxygens (including phenoxy) is 4. The fourth-order valence-electron chi connectivity index (χ4n) is 2.75. The summed E-state index contributed by atoms with van der Waals surface area (Å²) in [6.45, 7) is -0.150. The van der Waals surface area contributed by atoms with Crippen LogP contribution >= 0.6 is 11.8 Å². The summed E-state index contributed by atoms with van der Waals surface area (Å²) in [7, 11) is 2.81. The number of nitrogens with two attached hydrogens (primary N) is 2. The van der Waals surface area contributed by atoms with Crippen molar-refractivity contribution in [1.82, 2.24) is 26.6 Å². The van der Waals surface area contributed by atoms with E-state index in [1.807, 2.05) is 0 Å². The highest BCUT2D eigenvalue weighted by atomic mass is 32.2. The van der Waals surface area contributed by atoms with Crippen molar-refractivity contribution in [3.05, 3.63) is 0 Å². The van der Waals surface area contributed by atoms with Crippen LogP contribution in [0.15, 0.2) is 0 Å². The Morgan fingerprint density at radius 1 is 0.857 bits per heavy atom. The molecular weight excluding hydrogens is 582 g/mol. The third-order valence-electron chi connectivity index (χ3n) is 4.96. The Kier molecular flexibility index (Phi) is 22.3. The Labute approximate surface area is 248 Å². The molecule has 0 heterocycles. The number of amides is 6. The van der Waals surface area contributed by atoms with Crippen molar-refractivity contribution in [3.63, 3.8) is 0 Å². The molecule has 0 saturated heterocycles. The highest BCUT2D eigenvalue weighted by Crippen LogP contribution is 2.11. The molecule has 0 aliphatic heterocycles. The molecule has 0 aromatic carbocycles. The average molecular weight is 626 g/mol. The lowest BCUT2D eigenvalue weighted by Gasteiger charge is -2.20. The summed E-state index contributed by atoms with van der Waals surface area (Å²) in [6.07, 6.45) is -1.64. The molecule has 0 radical (unpaired) electrons. The molecule has 10 N–H and O–H groups in total. The maximum atomic E-state index is 12.4. The van der Waals surface area contributed by atoms with Gasteiger partial charge in [0.1, 0.15) is 12.1 Å². The minimum absolute atomic E-state index is 0.00142. The molecule has 0 fully saturated rings. The second kappa shape index (κ2) is 24.2. The van der Waals surface area contributed by atoms with Gasteiger partial charge in [0.2, 0.25) is 23.6 Å². The maximum absolute atomic E-state index is 12.4. The molecule has 0 unspecified atom stereocenters. The van der Waals surface area contributed by atoms with E-state index in [4.69, 9.17) is 30.4 Å². The second-order valence-electron chi connectivity index (χ2n) is 8.35. The zero-order chi connectivity index (χ0) is 31.8. The summed E-state index contributed by atoms with van der Waals surface area (Å²) in [5.74, 6) is -1.94. The lowest BCUT2D eigenvalue weighted by atomic mass is 10.2. The van der Waals surface area contributed by atoms with E-state index in [0.29, 0.717) is 0 Å². The Morgan fingerprint density at radius 2 is 1.52 bits per heavy atom. The van der Waals surface area contributed by atoms with Gasteiger partial charge in [-0.25, -0.2) is 9.59 Å². The fourth-order valence-corrected chi connectivity index (χ4v) is 3.79. The van der Waals surface area contributed by atoms with Gasteiger partial charge in [-0.3, -0.25) is 19.2 Å². The number of alkyl carbamates (subject to hydrolysis) is 2. The molecule has 42 heavy (non-hydrogen) atoms. The first-order chi connectivity index (χ1) is 20.0. The molecule has 18 nitrogen and oxygen atoms in total. The molecule has 0 aromatic rings. The lowest BCUT2D eigenvalue weighted by molar-refractivity contribution is -0.130. The van der Waals surface area contributed by atoms with Gasteiger partial charge in [-0.2, -0.15) is 11.8 Å². The van der Waals surface area contributed by atoms with E-state index in [-0.39, 0.29) is 76.4 Å². The van der Waals surface area contributed by atoms with Gasteiger partial charge in [-0.05, 0) is 0 Å². The number of aliphatic hydroxyl groups excluding tert-OH is 1.